The number of thiazole rings is 1. The summed E-state index contributed by atoms with van der Waals surface area (Å²) in [5.74, 6) is -1.50. The lowest BCUT2D eigenvalue weighted by Crippen LogP contribution is -2.15. The molecule has 4 aromatic carbocycles. The molecular formula is C34H29ClN2O7S2. The van der Waals surface area contributed by atoms with E-state index in [0.717, 1.165) is 21.6 Å². The number of rotatable bonds is 14. The van der Waals surface area contributed by atoms with Crippen molar-refractivity contribution in [1.82, 2.24) is 4.98 Å². The number of halogens is 1. The molecule has 0 bridgehead atoms. The second-order valence-corrected chi connectivity index (χ2v) is 13.7. The molecule has 46 heavy (non-hydrogen) atoms. The van der Waals surface area contributed by atoms with Crippen LogP contribution in [0, 0.1) is 0 Å². The first-order valence-corrected chi connectivity index (χ1v) is 17.0. The number of benzene rings is 4. The highest BCUT2D eigenvalue weighted by molar-refractivity contribution is 7.91. The Morgan fingerprint density at radius 2 is 1.61 bits per heavy atom. The molecule has 5 aromatic rings. The predicted molar refractivity (Wildman–Crippen MR) is 178 cm³/mol. The standard InChI is InChI=1S/C34H29ClN2O7S2/c35-27-13-15-28(16-14-27)46(41,42)18-4-5-23-10-17-30(43-22-32(38)39)29(19-23)37-33(40)26-11-8-24(9-12-26)21-44-34-36-20-31(45-34)25-6-2-1-3-7-25/h1-3,6-17,19-20H,4-5,18,21-22H2,(H,37,40)(H,38,39). The Morgan fingerprint density at radius 1 is 0.891 bits per heavy atom. The number of aliphatic carboxylic acids is 1. The van der Waals surface area contributed by atoms with Gasteiger partial charge in [-0.25, -0.2) is 18.2 Å². The Hall–Kier alpha value is -4.71. The summed E-state index contributed by atoms with van der Waals surface area (Å²) in [7, 11) is -3.50. The molecule has 0 unspecified atom stereocenters. The molecule has 0 spiro atoms. The molecule has 2 N–H and O–H groups in total. The van der Waals surface area contributed by atoms with Gasteiger partial charge < -0.3 is 19.9 Å². The predicted octanol–water partition coefficient (Wildman–Crippen LogP) is 7.16. The number of hydrogen-bond donors (Lipinski definition) is 2. The Kier molecular flexibility index (Phi) is 10.7. The number of nitrogens with one attached hydrogen (secondary N) is 1. The average molecular weight is 677 g/mol. The van der Waals surface area contributed by atoms with Gasteiger partial charge in [0.15, 0.2) is 16.4 Å². The van der Waals surface area contributed by atoms with Crippen LogP contribution in [0.1, 0.15) is 27.9 Å². The van der Waals surface area contributed by atoms with E-state index in [1.165, 1.54) is 35.6 Å². The van der Waals surface area contributed by atoms with E-state index in [4.69, 9.17) is 26.2 Å². The van der Waals surface area contributed by atoms with Gasteiger partial charge >= 0.3 is 5.97 Å². The second kappa shape index (κ2) is 15.0. The molecule has 0 radical (unpaired) electrons. The number of carboxylic acids is 1. The fraction of sp³-hybridized carbons (Fsp3) is 0.147. The molecule has 1 amide bonds. The van der Waals surface area contributed by atoms with E-state index in [2.05, 4.69) is 10.3 Å². The van der Waals surface area contributed by atoms with Crippen LogP contribution in [0.3, 0.4) is 0 Å². The van der Waals surface area contributed by atoms with Crippen LogP contribution < -0.4 is 14.8 Å². The number of ether oxygens (including phenoxy) is 2. The van der Waals surface area contributed by atoms with Crippen LogP contribution >= 0.6 is 22.9 Å². The first-order valence-electron chi connectivity index (χ1n) is 14.2. The van der Waals surface area contributed by atoms with Crippen LogP contribution in [0.15, 0.2) is 108 Å². The van der Waals surface area contributed by atoms with Gasteiger partial charge in [-0.2, -0.15) is 0 Å². The molecule has 1 heterocycles. The molecule has 236 valence electrons. The number of hydrogen-bond acceptors (Lipinski definition) is 8. The van der Waals surface area contributed by atoms with E-state index in [9.17, 15) is 18.0 Å². The fourth-order valence-corrected chi connectivity index (χ4v) is 6.68. The molecule has 12 heteroatoms. The summed E-state index contributed by atoms with van der Waals surface area (Å²) >= 11 is 7.32. The van der Waals surface area contributed by atoms with Crippen molar-refractivity contribution >= 4 is 50.3 Å². The van der Waals surface area contributed by atoms with E-state index in [-0.39, 0.29) is 28.7 Å². The summed E-state index contributed by atoms with van der Waals surface area (Å²) in [6, 6.07) is 27.7. The number of carbonyl (C=O) groups is 2. The van der Waals surface area contributed by atoms with Gasteiger partial charge in [0.2, 0.25) is 0 Å². The van der Waals surface area contributed by atoms with Gasteiger partial charge in [-0.15, -0.1) is 0 Å². The third-order valence-electron chi connectivity index (χ3n) is 6.82. The zero-order chi connectivity index (χ0) is 32.5. The maximum atomic E-state index is 13.2. The topological polar surface area (TPSA) is 132 Å². The third kappa shape index (κ3) is 8.94. The average Bonchev–Trinajstić information content (AvgIpc) is 3.53. The lowest BCUT2D eigenvalue weighted by atomic mass is 10.1. The first kappa shape index (κ1) is 32.7. The lowest BCUT2D eigenvalue weighted by molar-refractivity contribution is -0.139. The Balaban J connectivity index is 1.21. The quantitative estimate of drug-likeness (QED) is 0.127. The van der Waals surface area contributed by atoms with Crippen molar-refractivity contribution in [3.63, 3.8) is 0 Å². The maximum absolute atomic E-state index is 13.2. The van der Waals surface area contributed by atoms with E-state index in [0.29, 0.717) is 28.6 Å². The molecule has 0 aliphatic heterocycles. The summed E-state index contributed by atoms with van der Waals surface area (Å²) in [6.45, 7) is -0.325. The molecular weight excluding hydrogens is 648 g/mol. The van der Waals surface area contributed by atoms with Crippen molar-refractivity contribution < 1.29 is 32.6 Å². The zero-order valence-electron chi connectivity index (χ0n) is 24.4. The maximum Gasteiger partial charge on any atom is 0.341 e. The van der Waals surface area contributed by atoms with E-state index < -0.39 is 28.3 Å². The molecule has 0 saturated heterocycles. The second-order valence-electron chi connectivity index (χ2n) is 10.2. The minimum atomic E-state index is -3.50. The molecule has 5 rings (SSSR count). The van der Waals surface area contributed by atoms with Gasteiger partial charge in [0.1, 0.15) is 12.4 Å². The van der Waals surface area contributed by atoms with E-state index in [1.807, 2.05) is 30.3 Å². The van der Waals surface area contributed by atoms with Crippen molar-refractivity contribution in [1.29, 1.82) is 0 Å². The number of carboxylic acid groups (broad SMARTS) is 1. The molecule has 1 aromatic heterocycles. The van der Waals surface area contributed by atoms with Crippen molar-refractivity contribution in [3.8, 4) is 21.4 Å². The summed E-state index contributed by atoms with van der Waals surface area (Å²) < 4.78 is 36.7. The first-order chi connectivity index (χ1) is 22.2. The highest BCUT2D eigenvalue weighted by atomic mass is 35.5. The Labute approximate surface area is 275 Å². The van der Waals surface area contributed by atoms with Gasteiger partial charge in [0.05, 0.1) is 21.2 Å². The van der Waals surface area contributed by atoms with E-state index in [1.54, 1.807) is 48.7 Å². The lowest BCUT2D eigenvalue weighted by Gasteiger charge is -2.14. The number of aryl methyl sites for hydroxylation is 1. The normalized spacial score (nSPS) is 11.2. The highest BCUT2D eigenvalue weighted by Gasteiger charge is 2.16. The number of sulfone groups is 1. The van der Waals surface area contributed by atoms with Crippen LogP contribution in [0.4, 0.5) is 5.69 Å². The molecule has 0 aliphatic carbocycles. The van der Waals surface area contributed by atoms with Crippen molar-refractivity contribution in [2.45, 2.75) is 24.3 Å². The minimum absolute atomic E-state index is 0.0829. The molecule has 9 nitrogen and oxygen atoms in total. The zero-order valence-corrected chi connectivity index (χ0v) is 26.8. The van der Waals surface area contributed by atoms with Crippen LogP contribution in [0.25, 0.3) is 10.4 Å². The Morgan fingerprint density at radius 3 is 2.33 bits per heavy atom. The third-order valence-corrected chi connectivity index (χ3v) is 9.84. The number of aromatic nitrogens is 1. The van der Waals surface area contributed by atoms with Crippen LogP contribution in [0.2, 0.25) is 5.02 Å². The minimum Gasteiger partial charge on any atom is -0.480 e. The number of nitrogens with zero attached hydrogens (tertiary/aromatic N) is 1. The number of carbonyl (C=O) groups excluding carboxylic acids is 1. The summed E-state index contributed by atoms with van der Waals surface area (Å²) in [5.41, 5.74) is 3.29. The van der Waals surface area contributed by atoms with Crippen LogP contribution in [0.5, 0.6) is 10.9 Å². The van der Waals surface area contributed by atoms with Crippen LogP contribution in [-0.4, -0.2) is 42.7 Å². The van der Waals surface area contributed by atoms with Crippen molar-refractivity contribution in [3.05, 3.63) is 125 Å². The van der Waals surface area contributed by atoms with Gasteiger partial charge in [-0.1, -0.05) is 71.5 Å². The van der Waals surface area contributed by atoms with Gasteiger partial charge in [-0.3, -0.25) is 4.79 Å². The van der Waals surface area contributed by atoms with Crippen LogP contribution in [-0.2, 0) is 27.7 Å². The van der Waals surface area contributed by atoms with Crippen molar-refractivity contribution in [2.75, 3.05) is 17.7 Å². The highest BCUT2D eigenvalue weighted by Crippen LogP contribution is 2.31. The van der Waals surface area contributed by atoms with E-state index >= 15 is 0 Å². The fourth-order valence-electron chi connectivity index (χ4n) is 4.47. The van der Waals surface area contributed by atoms with Crippen molar-refractivity contribution in [2.24, 2.45) is 0 Å². The summed E-state index contributed by atoms with van der Waals surface area (Å²) in [6.07, 6.45) is 2.50. The van der Waals surface area contributed by atoms with Gasteiger partial charge in [0.25, 0.3) is 11.1 Å². The summed E-state index contributed by atoms with van der Waals surface area (Å²) in [5, 5.41) is 12.9. The monoisotopic (exact) mass is 676 g/mol. The largest absolute Gasteiger partial charge is 0.480 e. The molecule has 0 atom stereocenters. The SMILES string of the molecule is O=C(O)COc1ccc(CCCS(=O)(=O)c2ccc(Cl)cc2)cc1NC(=O)c1ccc(COc2ncc(-c3ccccc3)s2)cc1. The smallest absolute Gasteiger partial charge is 0.341 e. The Bertz CT molecular complexity index is 1910. The van der Waals surface area contributed by atoms with Gasteiger partial charge in [-0.05, 0) is 78.1 Å². The molecule has 0 fully saturated rings. The number of amides is 1. The van der Waals surface area contributed by atoms with Gasteiger partial charge in [0, 0.05) is 16.8 Å². The number of anilines is 1. The molecule has 0 aliphatic rings. The molecule has 0 saturated carbocycles. The summed E-state index contributed by atoms with van der Waals surface area (Å²) in [4.78, 5) is 29.8.